The van der Waals surface area contributed by atoms with Gasteiger partial charge in [-0.25, -0.2) is 24.4 Å². The maximum Gasteiger partial charge on any atom is 0.412 e. The summed E-state index contributed by atoms with van der Waals surface area (Å²) in [4.78, 5) is 160. The summed E-state index contributed by atoms with van der Waals surface area (Å²) in [5.74, 6) is -9.31. The third-order valence-electron chi connectivity index (χ3n) is 14.8. The Labute approximate surface area is 551 Å². The zero-order valence-electron chi connectivity index (χ0n) is 50.9. The van der Waals surface area contributed by atoms with Gasteiger partial charge in [0.1, 0.15) is 35.6 Å². The van der Waals surface area contributed by atoms with Gasteiger partial charge in [-0.15, -0.1) is 0 Å². The van der Waals surface area contributed by atoms with Gasteiger partial charge in [0.25, 0.3) is 23.3 Å². The minimum absolute atomic E-state index is 0.0104. The number of nitrogen functional groups attached to an aromatic ring is 1. The summed E-state index contributed by atoms with van der Waals surface area (Å²) in [6.45, 7) is 1.83. The molecule has 96 heavy (non-hydrogen) atoms. The van der Waals surface area contributed by atoms with Crippen molar-refractivity contribution in [3.63, 3.8) is 0 Å². The summed E-state index contributed by atoms with van der Waals surface area (Å²) < 4.78 is 5.82. The first kappa shape index (κ1) is 68.8. The number of nitrogens with zero attached hydrogens (tertiary/aromatic N) is 4. The molecule has 33 heteroatoms. The molecule has 0 fully saturated rings. The Kier molecular flexibility index (Phi) is 22.5. The average Bonchev–Trinajstić information content (AvgIpc) is 1.54. The normalized spacial score (nSPS) is 13.9. The molecule has 8 aromatic rings. The Bertz CT molecular complexity index is 4400. The number of carboxylic acid groups (broad SMARTS) is 3. The van der Waals surface area contributed by atoms with Gasteiger partial charge in [0, 0.05) is 82.8 Å². The Morgan fingerprint density at radius 1 is 0.781 bits per heavy atom. The molecule has 9 rings (SSSR count). The van der Waals surface area contributed by atoms with Gasteiger partial charge in [-0.05, 0) is 77.5 Å². The monoisotopic (exact) mass is 1350 g/mol. The van der Waals surface area contributed by atoms with Crippen LogP contribution in [0.2, 0.25) is 0 Å². The van der Waals surface area contributed by atoms with Crippen molar-refractivity contribution >= 4 is 143 Å². The largest absolute Gasteiger partial charge is 0.481 e. The lowest BCUT2D eigenvalue weighted by Crippen LogP contribution is -2.57. The van der Waals surface area contributed by atoms with Crippen molar-refractivity contribution in [2.45, 2.75) is 62.8 Å². The van der Waals surface area contributed by atoms with E-state index in [1.807, 2.05) is 43.3 Å². The van der Waals surface area contributed by atoms with E-state index in [1.165, 1.54) is 41.4 Å². The predicted octanol–water partition coefficient (Wildman–Crippen LogP) is 3.35. The number of nitrogens with two attached hydrogens (primary N) is 3. The number of fused-ring (bicyclic) bond motifs is 5. The Balaban J connectivity index is 0.696. The van der Waals surface area contributed by atoms with Crippen LogP contribution in [-0.2, 0) is 40.1 Å². The van der Waals surface area contributed by atoms with Crippen LogP contribution in [0.1, 0.15) is 69.8 Å². The number of carbonyl (C=O) groups excluding carboxylic acids is 7. The van der Waals surface area contributed by atoms with E-state index in [4.69, 9.17) is 21.9 Å². The van der Waals surface area contributed by atoms with Crippen LogP contribution < -0.4 is 69.6 Å². The molecule has 0 bridgehead atoms. The summed E-state index contributed by atoms with van der Waals surface area (Å²) in [5, 5.41) is 49.2. The van der Waals surface area contributed by atoms with Crippen LogP contribution >= 0.6 is 21.6 Å². The first-order chi connectivity index (χ1) is 46.0. The van der Waals surface area contributed by atoms with Gasteiger partial charge < -0.3 is 84.4 Å². The SMILES string of the molecule is CC1CN(C(=O)/C(N)=C/c2cccc(NC(=O)c3cc4ccccc4[nH]3)c2)c2cc(OC(=O)NCCSSCC(NC(=O)C(CC(=O)O)NC(=O)C(N)CNC(=O)CCC(NC(=O)c3ccc(NCc4cnc5nc(N)[nH]c(=O)c5n4)cc3)C(=O)O)C(=O)O)c3ccccc3c21. The minimum atomic E-state index is -1.82. The number of carbonyl (C=O) groups is 10. The van der Waals surface area contributed by atoms with Gasteiger partial charge in [0.05, 0.1) is 36.2 Å². The van der Waals surface area contributed by atoms with E-state index in [0.29, 0.717) is 39.4 Å². The highest BCUT2D eigenvalue weighted by Crippen LogP contribution is 2.45. The van der Waals surface area contributed by atoms with E-state index >= 15 is 0 Å². The molecule has 7 amide bonds. The molecule has 5 aromatic carbocycles. The number of H-pyrrole nitrogens is 2. The fourth-order valence-electron chi connectivity index (χ4n) is 10.1. The first-order valence-electron chi connectivity index (χ1n) is 29.5. The number of hydrogen-bond donors (Lipinski definition) is 15. The van der Waals surface area contributed by atoms with Crippen LogP contribution in [-0.4, -0.2) is 155 Å². The number of benzene rings is 5. The lowest BCUT2D eigenvalue weighted by Gasteiger charge is -2.22. The highest BCUT2D eigenvalue weighted by atomic mass is 33.1. The van der Waals surface area contributed by atoms with Gasteiger partial charge in [0.15, 0.2) is 11.2 Å². The van der Waals surface area contributed by atoms with Gasteiger partial charge in [0.2, 0.25) is 23.7 Å². The van der Waals surface area contributed by atoms with Crippen LogP contribution in [0, 0.1) is 0 Å². The van der Waals surface area contributed by atoms with Gasteiger partial charge in [-0.3, -0.25) is 43.3 Å². The lowest BCUT2D eigenvalue weighted by molar-refractivity contribution is -0.143. The van der Waals surface area contributed by atoms with Gasteiger partial charge >= 0.3 is 24.0 Å². The lowest BCUT2D eigenvalue weighted by atomic mass is 9.95. The molecular weight excluding hydrogens is 1280 g/mol. The Morgan fingerprint density at radius 3 is 2.25 bits per heavy atom. The second-order valence-electron chi connectivity index (χ2n) is 21.8. The molecule has 18 N–H and O–H groups in total. The number of aromatic amines is 2. The number of nitrogens with one attached hydrogen (secondary N) is 9. The zero-order chi connectivity index (χ0) is 68.7. The summed E-state index contributed by atoms with van der Waals surface area (Å²) in [7, 11) is 2.13. The fourth-order valence-corrected chi connectivity index (χ4v) is 12.2. The van der Waals surface area contributed by atoms with Crippen molar-refractivity contribution in [1.29, 1.82) is 0 Å². The van der Waals surface area contributed by atoms with Gasteiger partial charge in [-0.1, -0.05) is 83.1 Å². The smallest absolute Gasteiger partial charge is 0.412 e. The van der Waals surface area contributed by atoms with E-state index in [9.17, 15) is 68.1 Å². The van der Waals surface area contributed by atoms with E-state index in [0.717, 1.165) is 43.4 Å². The number of carboxylic acids is 3. The quantitative estimate of drug-likeness (QED) is 0.0182. The molecule has 5 unspecified atom stereocenters. The summed E-state index contributed by atoms with van der Waals surface area (Å²) in [5.41, 5.74) is 22.0. The van der Waals surface area contributed by atoms with Crippen molar-refractivity contribution in [3.8, 4) is 5.75 Å². The highest BCUT2D eigenvalue weighted by Gasteiger charge is 2.35. The Morgan fingerprint density at radius 2 is 1.51 bits per heavy atom. The van der Waals surface area contributed by atoms with E-state index in [2.05, 4.69) is 62.1 Å². The topological polar surface area (TPSA) is 493 Å². The van der Waals surface area contributed by atoms with Crippen molar-refractivity contribution in [3.05, 3.63) is 160 Å². The summed E-state index contributed by atoms with van der Waals surface area (Å²) in [6, 6.07) is 24.4. The average molecular weight is 1350 g/mol. The van der Waals surface area contributed by atoms with Crippen LogP contribution in [0.5, 0.6) is 5.75 Å². The van der Waals surface area contributed by atoms with E-state index in [1.54, 1.807) is 48.5 Å². The molecule has 4 heterocycles. The van der Waals surface area contributed by atoms with Crippen molar-refractivity contribution in [2.24, 2.45) is 11.5 Å². The second-order valence-corrected chi connectivity index (χ2v) is 24.5. The maximum atomic E-state index is 14.1. The number of ether oxygens (including phenoxy) is 1. The van der Waals surface area contributed by atoms with Crippen molar-refractivity contribution in [2.75, 3.05) is 52.4 Å². The van der Waals surface area contributed by atoms with Crippen LogP contribution in [0.15, 0.2) is 126 Å². The van der Waals surface area contributed by atoms with Crippen molar-refractivity contribution in [1.82, 2.24) is 51.5 Å². The zero-order valence-corrected chi connectivity index (χ0v) is 52.5. The van der Waals surface area contributed by atoms with E-state index in [-0.39, 0.29) is 77.1 Å². The third kappa shape index (κ3) is 17.8. The maximum absolute atomic E-state index is 14.1. The number of aromatic nitrogens is 5. The third-order valence-corrected chi connectivity index (χ3v) is 17.2. The highest BCUT2D eigenvalue weighted by molar-refractivity contribution is 8.76. The molecule has 0 saturated carbocycles. The number of anilines is 4. The molecule has 0 saturated heterocycles. The number of rotatable bonds is 29. The second kappa shape index (κ2) is 31.4. The number of hydrogen-bond acceptors (Lipinski definition) is 21. The van der Waals surface area contributed by atoms with E-state index < -0.39 is 109 Å². The number of amides is 7. The van der Waals surface area contributed by atoms with Gasteiger partial charge in [-0.2, -0.15) is 4.98 Å². The molecule has 0 radical (unpaired) electrons. The van der Waals surface area contributed by atoms with Crippen molar-refractivity contribution < 1.29 is 68.0 Å². The van der Waals surface area contributed by atoms with Crippen LogP contribution in [0.25, 0.3) is 38.9 Å². The molecule has 1 aliphatic heterocycles. The molecule has 1 aliphatic rings. The molecule has 498 valence electrons. The first-order valence-corrected chi connectivity index (χ1v) is 32.0. The van der Waals surface area contributed by atoms with Crippen LogP contribution in [0.3, 0.4) is 0 Å². The summed E-state index contributed by atoms with van der Waals surface area (Å²) in [6.07, 6.45) is 0.229. The van der Waals surface area contributed by atoms with Crippen LogP contribution in [0.4, 0.5) is 27.8 Å². The minimum Gasteiger partial charge on any atom is -0.481 e. The molecule has 31 nitrogen and oxygen atoms in total. The predicted molar refractivity (Wildman–Crippen MR) is 358 cm³/mol. The number of para-hydroxylation sites is 1. The molecule has 3 aromatic heterocycles. The standard InChI is InChI=1S/C63H64N16O15S2/c1-31-29-79(59(88)40(64)22-32-7-6-9-36(21-32)72-56(85)44-23-34-8-2-5-12-42(34)73-44)47-25-48(38-10-3-4-11-39(38)51(31)47)94-63(93)67-19-20-95-96-30-46(61(91)92)76-57(86)45(24-50(81)82)75-55(84)41(65)28-69-49(80)18-17-43(60(89)90)74-54(83)33-13-15-35(16-14-33)68-26-37-27-70-53-52(71-37)58(87)78-62(66)77-53/h2-16,21-23,25,27,31,41,43,45-46,68,73H,17-20,24,26,28-30,64-65H2,1H3,(H,67,93)(H,69,80)(H,72,85)(H,74,83)(H,75,84)(H,76,86)(H,81,82)(H,89,90)(H,91,92)(H3,66,70,77,78,87)/b40-22-. The summed E-state index contributed by atoms with van der Waals surface area (Å²) >= 11 is 0. The Hall–Kier alpha value is -11.6. The number of aliphatic carboxylic acids is 3. The molecule has 0 spiro atoms. The fraction of sp³-hybridized carbons (Fsp3) is 0.238. The molecular formula is C63H64N16O15S2. The molecule has 0 aliphatic carbocycles. The molecule has 5 atom stereocenters.